The third-order valence-electron chi connectivity index (χ3n) is 5.50. The van der Waals surface area contributed by atoms with Crippen LogP contribution in [0.3, 0.4) is 0 Å². The number of nitrogens with zero attached hydrogens (tertiary/aromatic N) is 2. The molecule has 1 amide bonds. The van der Waals surface area contributed by atoms with Crippen LogP contribution in [-0.2, 0) is 14.3 Å². The second kappa shape index (κ2) is 9.62. The number of carbonyl (C=O) groups is 2. The van der Waals surface area contributed by atoms with E-state index in [1.807, 2.05) is 24.0 Å². The summed E-state index contributed by atoms with van der Waals surface area (Å²) < 4.78 is 5.09. The molecule has 6 heteroatoms. The number of para-hydroxylation sites is 2. The van der Waals surface area contributed by atoms with E-state index in [0.29, 0.717) is 32.5 Å². The smallest absolute Gasteiger partial charge is 0.309 e. The SMILES string of the molecule is CCOC(=O)C1CCN(C(=O)CNc2ccccc2N2CCCCC2)CC1. The standard InChI is InChI=1S/C21H31N3O3/c1-2-27-21(26)17-10-14-24(15-11-17)20(25)16-22-18-8-4-5-9-19(18)23-12-6-3-7-13-23/h4-5,8-9,17,22H,2-3,6-7,10-16H2,1H3. The summed E-state index contributed by atoms with van der Waals surface area (Å²) in [5.41, 5.74) is 2.21. The highest BCUT2D eigenvalue weighted by Crippen LogP contribution is 2.28. The number of amides is 1. The second-order valence-electron chi connectivity index (χ2n) is 7.33. The Labute approximate surface area is 161 Å². The third kappa shape index (κ3) is 5.15. The monoisotopic (exact) mass is 373 g/mol. The van der Waals surface area contributed by atoms with Crippen LogP contribution in [0.2, 0.25) is 0 Å². The fraction of sp³-hybridized carbons (Fsp3) is 0.619. The number of hydrogen-bond donors (Lipinski definition) is 1. The van der Waals surface area contributed by atoms with Crippen LogP contribution in [0, 0.1) is 5.92 Å². The minimum atomic E-state index is -0.127. The number of esters is 1. The highest BCUT2D eigenvalue weighted by molar-refractivity contribution is 5.83. The zero-order valence-corrected chi connectivity index (χ0v) is 16.3. The van der Waals surface area contributed by atoms with Crippen LogP contribution in [0.15, 0.2) is 24.3 Å². The second-order valence-corrected chi connectivity index (χ2v) is 7.33. The lowest BCUT2D eigenvalue weighted by Crippen LogP contribution is -2.43. The molecular weight excluding hydrogens is 342 g/mol. The largest absolute Gasteiger partial charge is 0.466 e. The minimum Gasteiger partial charge on any atom is -0.466 e. The summed E-state index contributed by atoms with van der Waals surface area (Å²) >= 11 is 0. The molecular formula is C21H31N3O3. The quantitative estimate of drug-likeness (QED) is 0.777. The summed E-state index contributed by atoms with van der Waals surface area (Å²) in [4.78, 5) is 28.7. The fourth-order valence-corrected chi connectivity index (χ4v) is 3.94. The van der Waals surface area contributed by atoms with Crippen LogP contribution in [0.1, 0.15) is 39.0 Å². The van der Waals surface area contributed by atoms with Crippen molar-refractivity contribution in [2.75, 3.05) is 49.5 Å². The Morgan fingerprint density at radius 3 is 2.48 bits per heavy atom. The molecule has 0 unspecified atom stereocenters. The van der Waals surface area contributed by atoms with Crippen molar-refractivity contribution in [2.24, 2.45) is 5.92 Å². The highest BCUT2D eigenvalue weighted by Gasteiger charge is 2.28. The van der Waals surface area contributed by atoms with E-state index in [1.54, 1.807) is 0 Å². The fourth-order valence-electron chi connectivity index (χ4n) is 3.94. The molecule has 0 spiro atoms. The number of nitrogens with one attached hydrogen (secondary N) is 1. The summed E-state index contributed by atoms with van der Waals surface area (Å²) in [6, 6.07) is 8.23. The number of benzene rings is 1. The first-order valence-electron chi connectivity index (χ1n) is 10.2. The maximum Gasteiger partial charge on any atom is 0.309 e. The van der Waals surface area contributed by atoms with Crippen molar-refractivity contribution in [2.45, 2.75) is 39.0 Å². The Morgan fingerprint density at radius 2 is 1.78 bits per heavy atom. The molecule has 2 aliphatic heterocycles. The van der Waals surface area contributed by atoms with Crippen molar-refractivity contribution in [3.63, 3.8) is 0 Å². The minimum absolute atomic E-state index is 0.0678. The van der Waals surface area contributed by atoms with Gasteiger partial charge in [-0.1, -0.05) is 12.1 Å². The molecule has 2 heterocycles. The van der Waals surface area contributed by atoms with Crippen LogP contribution >= 0.6 is 0 Å². The van der Waals surface area contributed by atoms with Gasteiger partial charge in [0.25, 0.3) is 0 Å². The Kier molecular flexibility index (Phi) is 6.96. The molecule has 1 aromatic carbocycles. The van der Waals surface area contributed by atoms with E-state index in [4.69, 9.17) is 4.74 Å². The number of hydrogen-bond acceptors (Lipinski definition) is 5. The molecule has 2 fully saturated rings. The average molecular weight is 373 g/mol. The molecule has 6 nitrogen and oxygen atoms in total. The van der Waals surface area contributed by atoms with Gasteiger partial charge in [0, 0.05) is 26.2 Å². The zero-order chi connectivity index (χ0) is 19.1. The summed E-state index contributed by atoms with van der Waals surface area (Å²) in [5.74, 6) is -0.106. The van der Waals surface area contributed by atoms with Crippen molar-refractivity contribution < 1.29 is 14.3 Å². The maximum atomic E-state index is 12.6. The van der Waals surface area contributed by atoms with Gasteiger partial charge in [0.1, 0.15) is 0 Å². The molecule has 27 heavy (non-hydrogen) atoms. The maximum absolute atomic E-state index is 12.6. The first-order chi connectivity index (χ1) is 13.2. The molecule has 0 aliphatic carbocycles. The van der Waals surface area contributed by atoms with Crippen molar-refractivity contribution in [1.29, 1.82) is 0 Å². The Balaban J connectivity index is 1.51. The first-order valence-corrected chi connectivity index (χ1v) is 10.2. The van der Waals surface area contributed by atoms with E-state index in [9.17, 15) is 9.59 Å². The van der Waals surface area contributed by atoms with Gasteiger partial charge in [0.2, 0.25) is 5.91 Å². The predicted octanol–water partition coefficient (Wildman–Crippen LogP) is 2.89. The van der Waals surface area contributed by atoms with Gasteiger partial charge in [-0.05, 0) is 51.2 Å². The molecule has 1 aromatic rings. The Morgan fingerprint density at radius 1 is 1.07 bits per heavy atom. The number of ether oxygens (including phenoxy) is 1. The van der Waals surface area contributed by atoms with Crippen LogP contribution in [0.5, 0.6) is 0 Å². The van der Waals surface area contributed by atoms with Crippen LogP contribution in [0.25, 0.3) is 0 Å². The van der Waals surface area contributed by atoms with Gasteiger partial charge in [0.05, 0.1) is 30.4 Å². The van der Waals surface area contributed by atoms with Crippen LogP contribution in [0.4, 0.5) is 11.4 Å². The molecule has 2 saturated heterocycles. The van der Waals surface area contributed by atoms with Gasteiger partial charge in [-0.15, -0.1) is 0 Å². The lowest BCUT2D eigenvalue weighted by molar-refractivity contribution is -0.151. The van der Waals surface area contributed by atoms with E-state index in [2.05, 4.69) is 22.3 Å². The lowest BCUT2D eigenvalue weighted by atomic mass is 9.97. The van der Waals surface area contributed by atoms with E-state index >= 15 is 0 Å². The van der Waals surface area contributed by atoms with E-state index < -0.39 is 0 Å². The molecule has 0 radical (unpaired) electrons. The number of carbonyl (C=O) groups excluding carboxylic acids is 2. The average Bonchev–Trinajstić information content (AvgIpc) is 2.73. The molecule has 148 valence electrons. The normalized spacial score (nSPS) is 18.3. The molecule has 1 N–H and O–H groups in total. The highest BCUT2D eigenvalue weighted by atomic mass is 16.5. The Hall–Kier alpha value is -2.24. The zero-order valence-electron chi connectivity index (χ0n) is 16.3. The molecule has 2 aliphatic rings. The van der Waals surface area contributed by atoms with Crippen LogP contribution in [-0.4, -0.2) is 56.1 Å². The number of piperidine rings is 2. The van der Waals surface area contributed by atoms with Gasteiger partial charge >= 0.3 is 5.97 Å². The van der Waals surface area contributed by atoms with Crippen molar-refractivity contribution in [1.82, 2.24) is 4.90 Å². The van der Waals surface area contributed by atoms with E-state index in [-0.39, 0.29) is 24.3 Å². The number of rotatable bonds is 6. The van der Waals surface area contributed by atoms with Gasteiger partial charge in [-0.25, -0.2) is 0 Å². The molecule has 0 saturated carbocycles. The summed E-state index contributed by atoms with van der Waals surface area (Å²) in [6.07, 6.45) is 5.13. The molecule has 0 aromatic heterocycles. The van der Waals surface area contributed by atoms with Gasteiger partial charge in [-0.3, -0.25) is 9.59 Å². The van der Waals surface area contributed by atoms with E-state index in [1.165, 1.54) is 24.9 Å². The molecule has 0 atom stereocenters. The summed E-state index contributed by atoms with van der Waals surface area (Å²) in [7, 11) is 0. The molecule has 0 bridgehead atoms. The lowest BCUT2D eigenvalue weighted by Gasteiger charge is -2.32. The summed E-state index contributed by atoms with van der Waals surface area (Å²) in [6.45, 7) is 5.93. The molecule has 3 rings (SSSR count). The van der Waals surface area contributed by atoms with Crippen molar-refractivity contribution in [3.8, 4) is 0 Å². The van der Waals surface area contributed by atoms with Crippen molar-refractivity contribution >= 4 is 23.3 Å². The van der Waals surface area contributed by atoms with Gasteiger partial charge in [-0.2, -0.15) is 0 Å². The summed E-state index contributed by atoms with van der Waals surface area (Å²) in [5, 5.41) is 3.34. The first kappa shape index (κ1) is 19.5. The van der Waals surface area contributed by atoms with Gasteiger partial charge < -0.3 is 19.9 Å². The van der Waals surface area contributed by atoms with Gasteiger partial charge in [0.15, 0.2) is 0 Å². The van der Waals surface area contributed by atoms with Crippen LogP contribution < -0.4 is 10.2 Å². The van der Waals surface area contributed by atoms with Crippen molar-refractivity contribution in [3.05, 3.63) is 24.3 Å². The predicted molar refractivity (Wildman–Crippen MR) is 107 cm³/mol. The van der Waals surface area contributed by atoms with E-state index in [0.717, 1.165) is 18.8 Å². The topological polar surface area (TPSA) is 61.9 Å². The number of likely N-dealkylation sites (tertiary alicyclic amines) is 1. The third-order valence-corrected chi connectivity index (χ3v) is 5.50. The number of anilines is 2. The Bertz CT molecular complexity index is 635.